The van der Waals surface area contributed by atoms with E-state index in [1.54, 1.807) is 0 Å². The van der Waals surface area contributed by atoms with E-state index in [1.165, 1.54) is 49.5 Å². The average Bonchev–Trinajstić information content (AvgIpc) is 3.68. The molecule has 0 spiro atoms. The Morgan fingerprint density at radius 2 is 0.879 bits per heavy atom. The number of anilines is 3. The molecule has 10 aromatic carbocycles. The van der Waals surface area contributed by atoms with Crippen LogP contribution in [0.2, 0.25) is 0 Å². The highest BCUT2D eigenvalue weighted by Crippen LogP contribution is 2.44. The van der Waals surface area contributed by atoms with E-state index in [2.05, 4.69) is 229 Å². The van der Waals surface area contributed by atoms with Crippen molar-refractivity contribution in [1.29, 1.82) is 0 Å². The van der Waals surface area contributed by atoms with Crippen LogP contribution in [0.5, 0.6) is 0 Å². The van der Waals surface area contributed by atoms with Crippen molar-refractivity contribution >= 4 is 60.5 Å². The van der Waals surface area contributed by atoms with Crippen molar-refractivity contribution in [3.8, 4) is 44.5 Å². The molecule has 58 heavy (non-hydrogen) atoms. The minimum atomic E-state index is 0.888. The van der Waals surface area contributed by atoms with E-state index in [-0.39, 0.29) is 0 Å². The van der Waals surface area contributed by atoms with Crippen LogP contribution in [0.1, 0.15) is 0 Å². The molecule has 0 aliphatic rings. The van der Waals surface area contributed by atoms with Gasteiger partial charge in [-0.25, -0.2) is 0 Å². The van der Waals surface area contributed by atoms with Gasteiger partial charge in [0.2, 0.25) is 0 Å². The molecule has 272 valence electrons. The molecule has 0 N–H and O–H groups in total. The number of furan rings is 1. The van der Waals surface area contributed by atoms with Gasteiger partial charge in [0.15, 0.2) is 0 Å². The maximum Gasteiger partial charge on any atom is 0.143 e. The SMILES string of the molecule is c1ccc(-c2cccc(-c3ccc(N(c4cccc(-c5cccc6ccccc56)c4)c4ccccc4-c4ccc5oc6c7ccccc7ccc6c5c4)cc3)c2)cc1. The van der Waals surface area contributed by atoms with E-state index in [4.69, 9.17) is 4.42 Å². The van der Waals surface area contributed by atoms with Gasteiger partial charge in [-0.3, -0.25) is 0 Å². The highest BCUT2D eigenvalue weighted by atomic mass is 16.3. The summed E-state index contributed by atoms with van der Waals surface area (Å²) >= 11 is 0. The highest BCUT2D eigenvalue weighted by Gasteiger charge is 2.20. The van der Waals surface area contributed by atoms with E-state index < -0.39 is 0 Å². The fraction of sp³-hybridized carbons (Fsp3) is 0. The van der Waals surface area contributed by atoms with Gasteiger partial charge >= 0.3 is 0 Å². The van der Waals surface area contributed by atoms with Gasteiger partial charge in [-0.2, -0.15) is 0 Å². The van der Waals surface area contributed by atoms with Gasteiger partial charge in [-0.1, -0.05) is 170 Å². The third-order valence-electron chi connectivity index (χ3n) is 11.5. The van der Waals surface area contributed by atoms with Gasteiger partial charge in [0.05, 0.1) is 5.69 Å². The Kier molecular flexibility index (Phi) is 8.19. The summed E-state index contributed by atoms with van der Waals surface area (Å²) < 4.78 is 6.53. The summed E-state index contributed by atoms with van der Waals surface area (Å²) in [4.78, 5) is 2.40. The first-order valence-electron chi connectivity index (χ1n) is 19.8. The second-order valence-electron chi connectivity index (χ2n) is 14.9. The number of rotatable bonds is 7. The monoisotopic (exact) mass is 739 g/mol. The topological polar surface area (TPSA) is 16.4 Å². The molecule has 0 unspecified atom stereocenters. The van der Waals surface area contributed by atoms with Crippen LogP contribution in [0.4, 0.5) is 17.1 Å². The standard InChI is InChI=1S/C56H37NO/c1-2-13-38(14-3-1)42-18-10-19-43(35-42)39-27-31-46(32-28-39)57(47-21-11-20-44(36-47)49-25-12-17-40-15-4-6-22-48(40)49)54-26-9-8-23-50(54)45-30-34-55-53(37-45)52-33-29-41-16-5-7-24-51(41)56(52)58-55/h1-37H. The fourth-order valence-corrected chi connectivity index (χ4v) is 8.61. The van der Waals surface area contributed by atoms with Crippen molar-refractivity contribution in [3.63, 3.8) is 0 Å². The van der Waals surface area contributed by atoms with E-state index in [9.17, 15) is 0 Å². The molecule has 1 heterocycles. The first-order chi connectivity index (χ1) is 28.7. The Balaban J connectivity index is 1.06. The highest BCUT2D eigenvalue weighted by molar-refractivity contribution is 6.15. The fourth-order valence-electron chi connectivity index (χ4n) is 8.61. The normalized spacial score (nSPS) is 11.4. The molecule has 0 aliphatic carbocycles. The zero-order chi connectivity index (χ0) is 38.4. The zero-order valence-corrected chi connectivity index (χ0v) is 31.7. The number of para-hydroxylation sites is 1. The second kappa shape index (κ2) is 14.1. The van der Waals surface area contributed by atoms with Crippen molar-refractivity contribution in [2.45, 2.75) is 0 Å². The van der Waals surface area contributed by atoms with Crippen LogP contribution >= 0.6 is 0 Å². The molecule has 0 radical (unpaired) electrons. The van der Waals surface area contributed by atoms with Gasteiger partial charge in [-0.15, -0.1) is 0 Å². The maximum atomic E-state index is 6.53. The van der Waals surface area contributed by atoms with Crippen LogP contribution in [0.3, 0.4) is 0 Å². The van der Waals surface area contributed by atoms with Gasteiger partial charge in [0.1, 0.15) is 11.2 Å². The quantitative estimate of drug-likeness (QED) is 0.162. The van der Waals surface area contributed by atoms with Crippen LogP contribution in [0.15, 0.2) is 229 Å². The van der Waals surface area contributed by atoms with Crippen LogP contribution in [-0.2, 0) is 0 Å². The largest absolute Gasteiger partial charge is 0.455 e. The third-order valence-corrected chi connectivity index (χ3v) is 11.5. The molecule has 0 bridgehead atoms. The Labute approximate surface area is 337 Å². The lowest BCUT2D eigenvalue weighted by molar-refractivity contribution is 0.672. The maximum absolute atomic E-state index is 6.53. The predicted molar refractivity (Wildman–Crippen MR) is 245 cm³/mol. The van der Waals surface area contributed by atoms with Crippen molar-refractivity contribution < 1.29 is 4.42 Å². The summed E-state index contributed by atoms with van der Waals surface area (Å²) in [5.74, 6) is 0. The predicted octanol–water partition coefficient (Wildman–Crippen LogP) is 16.0. The Morgan fingerprint density at radius 3 is 1.72 bits per heavy atom. The smallest absolute Gasteiger partial charge is 0.143 e. The van der Waals surface area contributed by atoms with E-state index in [1.807, 2.05) is 0 Å². The molecule has 11 aromatic rings. The number of hydrogen-bond acceptors (Lipinski definition) is 2. The first kappa shape index (κ1) is 33.6. The first-order valence-corrected chi connectivity index (χ1v) is 19.8. The van der Waals surface area contributed by atoms with Crippen LogP contribution < -0.4 is 4.90 Å². The summed E-state index contributed by atoms with van der Waals surface area (Å²) in [5.41, 5.74) is 14.5. The molecule has 0 saturated carbocycles. The minimum absolute atomic E-state index is 0.888. The Bertz CT molecular complexity index is 3280. The molecule has 11 rings (SSSR count). The molecule has 0 aliphatic heterocycles. The van der Waals surface area contributed by atoms with Gasteiger partial charge < -0.3 is 9.32 Å². The summed E-state index contributed by atoms with van der Waals surface area (Å²) in [6.45, 7) is 0. The molecular weight excluding hydrogens is 703 g/mol. The summed E-state index contributed by atoms with van der Waals surface area (Å²) in [5, 5.41) is 7.01. The molecule has 0 fully saturated rings. The lowest BCUT2D eigenvalue weighted by atomic mass is 9.96. The van der Waals surface area contributed by atoms with Gasteiger partial charge in [-0.05, 0) is 110 Å². The van der Waals surface area contributed by atoms with Crippen LogP contribution in [0, 0.1) is 0 Å². The molecule has 0 atom stereocenters. The van der Waals surface area contributed by atoms with Crippen LogP contribution in [0.25, 0.3) is 88.0 Å². The average molecular weight is 740 g/mol. The number of hydrogen-bond donors (Lipinski definition) is 0. The summed E-state index contributed by atoms with van der Waals surface area (Å²) in [6.07, 6.45) is 0. The Morgan fingerprint density at radius 1 is 0.293 bits per heavy atom. The molecular formula is C56H37NO. The molecule has 1 aromatic heterocycles. The van der Waals surface area contributed by atoms with Gasteiger partial charge in [0.25, 0.3) is 0 Å². The number of nitrogens with zero attached hydrogens (tertiary/aromatic N) is 1. The summed E-state index contributed by atoms with van der Waals surface area (Å²) in [6, 6.07) is 80.7. The van der Waals surface area contributed by atoms with Crippen molar-refractivity contribution in [3.05, 3.63) is 224 Å². The van der Waals surface area contributed by atoms with E-state index in [0.29, 0.717) is 0 Å². The molecule has 0 amide bonds. The molecule has 2 nitrogen and oxygen atoms in total. The van der Waals surface area contributed by atoms with Crippen molar-refractivity contribution in [2.24, 2.45) is 0 Å². The van der Waals surface area contributed by atoms with E-state index >= 15 is 0 Å². The van der Waals surface area contributed by atoms with Gasteiger partial charge in [0, 0.05) is 33.1 Å². The second-order valence-corrected chi connectivity index (χ2v) is 14.9. The van der Waals surface area contributed by atoms with Crippen LogP contribution in [-0.4, -0.2) is 0 Å². The summed E-state index contributed by atoms with van der Waals surface area (Å²) in [7, 11) is 0. The third kappa shape index (κ3) is 5.91. The van der Waals surface area contributed by atoms with Crippen molar-refractivity contribution in [2.75, 3.05) is 4.90 Å². The zero-order valence-electron chi connectivity index (χ0n) is 31.7. The lowest BCUT2D eigenvalue weighted by Crippen LogP contribution is -2.11. The Hall–Kier alpha value is -7.68. The number of fused-ring (bicyclic) bond motifs is 6. The lowest BCUT2D eigenvalue weighted by Gasteiger charge is -2.28. The van der Waals surface area contributed by atoms with E-state index in [0.717, 1.165) is 55.5 Å². The minimum Gasteiger partial charge on any atom is -0.455 e. The number of benzene rings is 10. The van der Waals surface area contributed by atoms with Crippen molar-refractivity contribution in [1.82, 2.24) is 0 Å². The molecule has 0 saturated heterocycles. The molecule has 2 heteroatoms.